The monoisotopic (exact) mass is 1380 g/mol. The molecule has 0 aromatic heterocycles. The van der Waals surface area contributed by atoms with Crippen molar-refractivity contribution < 1.29 is 80.2 Å². The van der Waals surface area contributed by atoms with Crippen molar-refractivity contribution in [1.29, 1.82) is 0 Å². The molecule has 0 fully saturated rings. The number of esters is 4. The number of hydrogen-bond acceptors (Lipinski definition) is 15. The molecule has 0 rings (SSSR count). The van der Waals surface area contributed by atoms with Crippen LogP contribution in [0.3, 0.4) is 0 Å². The number of carbonyl (C=O) groups excluding carboxylic acids is 4. The molecule has 0 aliphatic carbocycles. The summed E-state index contributed by atoms with van der Waals surface area (Å²) in [5, 5.41) is 10.6. The minimum absolute atomic E-state index is 0.105. The van der Waals surface area contributed by atoms with E-state index >= 15 is 0 Å². The number of aliphatic hydroxyl groups is 1. The lowest BCUT2D eigenvalue weighted by Gasteiger charge is -2.21. The third-order valence-electron chi connectivity index (χ3n) is 18.0. The number of phosphoric ester groups is 2. The summed E-state index contributed by atoms with van der Waals surface area (Å²) in [5.74, 6) is 0.994. The Labute approximate surface area is 575 Å². The average molecular weight is 1380 g/mol. The molecule has 0 bridgehead atoms. The zero-order chi connectivity index (χ0) is 69.6. The minimum Gasteiger partial charge on any atom is -0.462 e. The van der Waals surface area contributed by atoms with Gasteiger partial charge in [0.1, 0.15) is 19.3 Å². The maximum Gasteiger partial charge on any atom is 0.472 e. The highest BCUT2D eigenvalue weighted by Gasteiger charge is 2.30. The van der Waals surface area contributed by atoms with Crippen molar-refractivity contribution in [2.24, 2.45) is 23.7 Å². The van der Waals surface area contributed by atoms with Crippen molar-refractivity contribution in [3.8, 4) is 0 Å². The fourth-order valence-electron chi connectivity index (χ4n) is 11.3. The molecule has 17 nitrogen and oxygen atoms in total. The molecule has 94 heavy (non-hydrogen) atoms. The van der Waals surface area contributed by atoms with Gasteiger partial charge in [-0.05, 0) is 49.4 Å². The van der Waals surface area contributed by atoms with Gasteiger partial charge in [0.05, 0.1) is 26.4 Å². The molecular weight excluding hydrogens is 1230 g/mol. The van der Waals surface area contributed by atoms with Crippen LogP contribution in [-0.4, -0.2) is 96.7 Å². The second-order valence-corrected chi connectivity index (χ2v) is 31.4. The van der Waals surface area contributed by atoms with Crippen LogP contribution in [0.25, 0.3) is 0 Å². The normalized spacial score (nSPS) is 14.7. The molecule has 0 aromatic carbocycles. The van der Waals surface area contributed by atoms with Gasteiger partial charge in [-0.1, -0.05) is 325 Å². The highest BCUT2D eigenvalue weighted by Crippen LogP contribution is 2.45. The number of ether oxygens (including phenoxy) is 4. The molecule has 0 heterocycles. The molecule has 0 aliphatic rings. The Morgan fingerprint density at radius 3 is 0.755 bits per heavy atom. The predicted octanol–water partition coefficient (Wildman–Crippen LogP) is 21.7. The Morgan fingerprint density at radius 1 is 0.298 bits per heavy atom. The topological polar surface area (TPSA) is 237 Å². The van der Waals surface area contributed by atoms with E-state index < -0.39 is 97.5 Å². The van der Waals surface area contributed by atoms with Crippen LogP contribution in [0.5, 0.6) is 0 Å². The fourth-order valence-corrected chi connectivity index (χ4v) is 12.9. The van der Waals surface area contributed by atoms with Crippen molar-refractivity contribution in [2.75, 3.05) is 39.6 Å². The van der Waals surface area contributed by atoms with Crippen molar-refractivity contribution in [3.63, 3.8) is 0 Å². The first-order chi connectivity index (χ1) is 45.2. The molecule has 7 atom stereocenters. The highest BCUT2D eigenvalue weighted by atomic mass is 31.2. The van der Waals surface area contributed by atoms with Crippen LogP contribution >= 0.6 is 15.6 Å². The van der Waals surface area contributed by atoms with E-state index in [0.717, 1.165) is 114 Å². The molecule has 19 heteroatoms. The summed E-state index contributed by atoms with van der Waals surface area (Å²) in [7, 11) is -9.91. The fraction of sp³-hybridized carbons (Fsp3) is 0.947. The van der Waals surface area contributed by atoms with E-state index in [-0.39, 0.29) is 25.7 Å². The molecule has 3 N–H and O–H groups in total. The second kappa shape index (κ2) is 64.4. The van der Waals surface area contributed by atoms with E-state index in [1.165, 1.54) is 180 Å². The van der Waals surface area contributed by atoms with Gasteiger partial charge in [-0.3, -0.25) is 37.3 Å². The van der Waals surface area contributed by atoms with Crippen LogP contribution < -0.4 is 0 Å². The lowest BCUT2D eigenvalue weighted by atomic mass is 9.99. The summed E-state index contributed by atoms with van der Waals surface area (Å²) in [6.07, 6.45) is 48.3. The number of phosphoric acid groups is 2. The standard InChI is InChI=1S/C75H146O17P2/c1-9-67(7)53-45-37-29-21-16-18-22-31-39-47-55-72(77)85-61-70(91-74(79)57-49-41-33-23-14-12-11-13-19-27-35-43-51-65(3)4)63-89-93(81,82)87-59-69(76)60-88-94(83,84)90-64-71(62-86-73(78)56-48-40-32-26-25-30-38-46-54-68(8)10-2)92-75(80)58-50-42-34-24-17-15-20-28-36-44-52-66(5)6/h65-71,76H,9-64H2,1-8H3,(H,81,82)(H,83,84)/t67?,68?,69-,70-,71-/m1/s1. The Kier molecular flexibility index (Phi) is 63.1. The quantitative estimate of drug-likeness (QED) is 0.0222. The molecule has 0 saturated heterocycles. The van der Waals surface area contributed by atoms with E-state index in [2.05, 4.69) is 55.4 Å². The van der Waals surface area contributed by atoms with Crippen molar-refractivity contribution in [1.82, 2.24) is 0 Å². The van der Waals surface area contributed by atoms with Crippen LogP contribution in [0.2, 0.25) is 0 Å². The summed E-state index contributed by atoms with van der Waals surface area (Å²) in [5.41, 5.74) is 0. The summed E-state index contributed by atoms with van der Waals surface area (Å²) in [4.78, 5) is 72.8. The smallest absolute Gasteiger partial charge is 0.462 e. The lowest BCUT2D eigenvalue weighted by Crippen LogP contribution is -2.30. The molecule has 558 valence electrons. The number of rotatable bonds is 72. The molecule has 0 spiro atoms. The van der Waals surface area contributed by atoms with Crippen LogP contribution in [-0.2, 0) is 65.4 Å². The maximum atomic E-state index is 13.1. The van der Waals surface area contributed by atoms with Gasteiger partial charge >= 0.3 is 39.5 Å². The first-order valence-corrected chi connectivity index (χ1v) is 41.8. The highest BCUT2D eigenvalue weighted by molar-refractivity contribution is 7.47. The minimum atomic E-state index is -4.96. The van der Waals surface area contributed by atoms with Gasteiger partial charge in [-0.25, -0.2) is 9.13 Å². The Morgan fingerprint density at radius 2 is 0.511 bits per heavy atom. The van der Waals surface area contributed by atoms with Crippen LogP contribution in [0.15, 0.2) is 0 Å². The first-order valence-electron chi connectivity index (χ1n) is 38.8. The summed E-state index contributed by atoms with van der Waals surface area (Å²) in [6.45, 7) is 14.2. The molecule has 0 amide bonds. The van der Waals surface area contributed by atoms with Gasteiger partial charge in [0, 0.05) is 25.7 Å². The van der Waals surface area contributed by atoms with Crippen molar-refractivity contribution >= 4 is 39.5 Å². The first kappa shape index (κ1) is 92.1. The van der Waals surface area contributed by atoms with Crippen molar-refractivity contribution in [2.45, 2.75) is 395 Å². The largest absolute Gasteiger partial charge is 0.472 e. The van der Waals surface area contributed by atoms with Crippen LogP contribution in [0, 0.1) is 23.7 Å². The van der Waals surface area contributed by atoms with Gasteiger partial charge < -0.3 is 33.8 Å². The van der Waals surface area contributed by atoms with Crippen LogP contribution in [0.4, 0.5) is 0 Å². The second-order valence-electron chi connectivity index (χ2n) is 28.5. The Bertz CT molecular complexity index is 1850. The Hall–Kier alpha value is -1.94. The van der Waals surface area contributed by atoms with E-state index in [1.807, 2.05) is 0 Å². The third-order valence-corrected chi connectivity index (χ3v) is 19.9. The van der Waals surface area contributed by atoms with E-state index in [9.17, 15) is 43.2 Å². The van der Waals surface area contributed by atoms with Gasteiger partial charge in [0.15, 0.2) is 12.2 Å². The number of unbranched alkanes of at least 4 members (excludes halogenated alkanes) is 36. The van der Waals surface area contributed by atoms with Gasteiger partial charge in [-0.2, -0.15) is 0 Å². The molecule has 0 aromatic rings. The molecule has 0 radical (unpaired) electrons. The third kappa shape index (κ3) is 66.0. The van der Waals surface area contributed by atoms with Gasteiger partial charge in [0.2, 0.25) is 0 Å². The summed E-state index contributed by atoms with van der Waals surface area (Å²) in [6, 6.07) is 0. The van der Waals surface area contributed by atoms with E-state index in [0.29, 0.717) is 25.7 Å². The molecule has 4 unspecified atom stereocenters. The van der Waals surface area contributed by atoms with Gasteiger partial charge in [0.25, 0.3) is 0 Å². The molecule has 0 saturated carbocycles. The summed E-state index contributed by atoms with van der Waals surface area (Å²) >= 11 is 0. The number of aliphatic hydroxyl groups excluding tert-OH is 1. The SMILES string of the molecule is CCC(C)CCCCCCCCCCCCC(=O)OC[C@H](COP(=O)(O)OC[C@@H](O)COP(=O)(O)OC[C@@H](COC(=O)CCCCCCCCCCC(C)CC)OC(=O)CCCCCCCCCCCCC(C)C)OC(=O)CCCCCCCCCCCCCCC(C)C. The van der Waals surface area contributed by atoms with Gasteiger partial charge in [-0.15, -0.1) is 0 Å². The predicted molar refractivity (Wildman–Crippen MR) is 381 cm³/mol. The Balaban J connectivity index is 5.28. The number of carbonyl (C=O) groups is 4. The zero-order valence-corrected chi connectivity index (χ0v) is 63.4. The van der Waals surface area contributed by atoms with Crippen molar-refractivity contribution in [3.05, 3.63) is 0 Å². The number of hydrogen-bond donors (Lipinski definition) is 3. The zero-order valence-electron chi connectivity index (χ0n) is 61.6. The lowest BCUT2D eigenvalue weighted by molar-refractivity contribution is -0.161. The van der Waals surface area contributed by atoms with Crippen LogP contribution in [0.1, 0.15) is 376 Å². The molecular formula is C75H146O17P2. The van der Waals surface area contributed by atoms with E-state index in [4.69, 9.17) is 37.0 Å². The summed E-state index contributed by atoms with van der Waals surface area (Å²) < 4.78 is 68.5. The average Bonchev–Trinajstić information content (AvgIpc) is 2.03. The van der Waals surface area contributed by atoms with E-state index in [1.54, 1.807) is 0 Å². The maximum absolute atomic E-state index is 13.1. The molecule has 0 aliphatic heterocycles.